The number of pyridine rings is 1. The van der Waals surface area contributed by atoms with Gasteiger partial charge in [0.05, 0.1) is 18.9 Å². The van der Waals surface area contributed by atoms with Crippen LogP contribution in [0, 0.1) is 0 Å². The maximum Gasteiger partial charge on any atom is 0.256 e. The Hall–Kier alpha value is -2.96. The van der Waals surface area contributed by atoms with Crippen LogP contribution in [0.25, 0.3) is 22.0 Å². The van der Waals surface area contributed by atoms with Crippen molar-refractivity contribution >= 4 is 22.4 Å². The Morgan fingerprint density at radius 1 is 1.03 bits per heavy atom. The van der Waals surface area contributed by atoms with Gasteiger partial charge < -0.3 is 15.0 Å². The predicted molar refractivity (Wildman–Crippen MR) is 127 cm³/mol. The third kappa shape index (κ3) is 4.33. The zero-order valence-electron chi connectivity index (χ0n) is 18.3. The Morgan fingerprint density at radius 2 is 1.84 bits per heavy atom. The van der Waals surface area contributed by atoms with Crippen LogP contribution in [0.1, 0.15) is 36.8 Å². The first-order chi connectivity index (χ1) is 15.7. The molecule has 6 nitrogen and oxygen atoms in total. The van der Waals surface area contributed by atoms with E-state index < -0.39 is 0 Å². The third-order valence-electron chi connectivity index (χ3n) is 6.54. The summed E-state index contributed by atoms with van der Waals surface area (Å²) in [7, 11) is 0. The Kier molecular flexibility index (Phi) is 6.06. The number of nitrogens with one attached hydrogen (secondary N) is 2. The van der Waals surface area contributed by atoms with E-state index in [1.165, 1.54) is 0 Å². The topological polar surface area (TPSA) is 74.4 Å². The molecule has 2 aromatic carbocycles. The average molecular weight is 432 g/mol. The van der Waals surface area contributed by atoms with Crippen molar-refractivity contribution in [2.24, 2.45) is 0 Å². The Morgan fingerprint density at radius 3 is 2.69 bits per heavy atom. The number of aromatic amines is 1. The highest BCUT2D eigenvalue weighted by molar-refractivity contribution is 5.94. The molecule has 2 N–H and O–H groups in total. The number of unbranched alkanes of at least 4 members (excludes halogenated alkanes) is 2. The van der Waals surface area contributed by atoms with Crippen molar-refractivity contribution in [1.29, 1.82) is 0 Å². The standard InChI is InChI=1S/C26H29N3O3/c30-24(8-2-1-5-11-29-12-14-32-15-13-29)27-19-9-10-20-18(16-19)17-23-21-6-3-4-7-22(21)26(31)28-25(20)23/h3-4,6-7,9-10,16H,1-2,5,8,11-15,17H2,(H,27,30)(H,28,31). The zero-order chi connectivity index (χ0) is 21.9. The highest BCUT2D eigenvalue weighted by Gasteiger charge is 2.23. The SMILES string of the molecule is O=C(CCCCCN1CCOCC1)Nc1ccc2c(c1)Cc1c-2[nH]c(=O)c2ccccc12. The largest absolute Gasteiger partial charge is 0.379 e. The summed E-state index contributed by atoms with van der Waals surface area (Å²) >= 11 is 0. The van der Waals surface area contributed by atoms with Crippen molar-refractivity contribution < 1.29 is 9.53 Å². The number of nitrogens with zero attached hydrogens (tertiary/aromatic N) is 1. The molecule has 0 saturated carbocycles. The van der Waals surface area contributed by atoms with Crippen LogP contribution in [-0.4, -0.2) is 48.6 Å². The number of hydrogen-bond acceptors (Lipinski definition) is 4. The lowest BCUT2D eigenvalue weighted by molar-refractivity contribution is -0.116. The Balaban J connectivity index is 1.17. The summed E-state index contributed by atoms with van der Waals surface area (Å²) in [5.74, 6) is 0.0608. The fourth-order valence-electron chi connectivity index (χ4n) is 4.85. The second-order valence-corrected chi connectivity index (χ2v) is 8.71. The van der Waals surface area contributed by atoms with Crippen molar-refractivity contribution in [3.8, 4) is 11.3 Å². The van der Waals surface area contributed by atoms with E-state index in [1.54, 1.807) is 0 Å². The molecule has 3 aromatic rings. The molecular formula is C26H29N3O3. The molecular weight excluding hydrogens is 402 g/mol. The highest BCUT2D eigenvalue weighted by Crippen LogP contribution is 2.38. The summed E-state index contributed by atoms with van der Waals surface area (Å²) in [6.45, 7) is 4.80. The number of rotatable bonds is 7. The van der Waals surface area contributed by atoms with Gasteiger partial charge in [-0.05, 0) is 54.1 Å². The summed E-state index contributed by atoms with van der Waals surface area (Å²) < 4.78 is 5.38. The second-order valence-electron chi connectivity index (χ2n) is 8.71. The van der Waals surface area contributed by atoms with Crippen LogP contribution in [0.2, 0.25) is 0 Å². The maximum absolute atomic E-state index is 12.5. The number of amides is 1. The number of ether oxygens (including phenoxy) is 1. The van der Waals surface area contributed by atoms with E-state index in [-0.39, 0.29) is 11.5 Å². The summed E-state index contributed by atoms with van der Waals surface area (Å²) in [5, 5.41) is 4.78. The van der Waals surface area contributed by atoms with Crippen LogP contribution < -0.4 is 10.9 Å². The lowest BCUT2D eigenvalue weighted by Crippen LogP contribution is -2.36. The molecule has 1 aliphatic heterocycles. The second kappa shape index (κ2) is 9.27. The predicted octanol–water partition coefficient (Wildman–Crippen LogP) is 3.93. The fraction of sp³-hybridized carbons (Fsp3) is 0.385. The summed E-state index contributed by atoms with van der Waals surface area (Å²) in [6, 6.07) is 13.7. The molecule has 1 fully saturated rings. The number of benzene rings is 2. The number of aromatic nitrogens is 1. The van der Waals surface area contributed by atoms with Gasteiger partial charge in [-0.1, -0.05) is 30.7 Å². The monoisotopic (exact) mass is 431 g/mol. The first kappa shape index (κ1) is 20.9. The fourth-order valence-corrected chi connectivity index (χ4v) is 4.85. The van der Waals surface area contributed by atoms with E-state index in [0.717, 1.165) is 97.4 Å². The molecule has 2 aliphatic rings. The minimum Gasteiger partial charge on any atom is -0.379 e. The normalized spacial score (nSPS) is 15.5. The molecule has 1 aromatic heterocycles. The minimum atomic E-state index is -0.0572. The average Bonchev–Trinajstić information content (AvgIpc) is 3.17. The molecule has 6 heteroatoms. The Bertz CT molecular complexity index is 1190. The van der Waals surface area contributed by atoms with Gasteiger partial charge in [-0.2, -0.15) is 0 Å². The molecule has 1 aliphatic carbocycles. The van der Waals surface area contributed by atoms with Gasteiger partial charge in [0.2, 0.25) is 5.91 Å². The molecule has 2 heterocycles. The van der Waals surface area contributed by atoms with Crippen molar-refractivity contribution in [2.75, 3.05) is 38.2 Å². The molecule has 0 bridgehead atoms. The lowest BCUT2D eigenvalue weighted by atomic mass is 10.0. The first-order valence-corrected chi connectivity index (χ1v) is 11.6. The summed E-state index contributed by atoms with van der Waals surface area (Å²) in [4.78, 5) is 30.4. The van der Waals surface area contributed by atoms with Gasteiger partial charge in [0.25, 0.3) is 5.56 Å². The van der Waals surface area contributed by atoms with Gasteiger partial charge in [-0.15, -0.1) is 0 Å². The van der Waals surface area contributed by atoms with Crippen LogP contribution in [0.3, 0.4) is 0 Å². The van der Waals surface area contributed by atoms with Crippen LogP contribution in [0.5, 0.6) is 0 Å². The van der Waals surface area contributed by atoms with Gasteiger partial charge in [0, 0.05) is 42.6 Å². The number of morpholine rings is 1. The summed E-state index contributed by atoms with van der Waals surface area (Å²) in [6.07, 6.45) is 4.38. The number of H-pyrrole nitrogens is 1. The van der Waals surface area contributed by atoms with Gasteiger partial charge in [-0.25, -0.2) is 0 Å². The number of hydrogen-bond donors (Lipinski definition) is 2. The third-order valence-corrected chi connectivity index (χ3v) is 6.54. The molecule has 0 radical (unpaired) electrons. The van der Waals surface area contributed by atoms with E-state index in [0.29, 0.717) is 6.42 Å². The smallest absolute Gasteiger partial charge is 0.256 e. The maximum atomic E-state index is 12.5. The first-order valence-electron chi connectivity index (χ1n) is 11.6. The molecule has 32 heavy (non-hydrogen) atoms. The van der Waals surface area contributed by atoms with E-state index in [1.807, 2.05) is 42.5 Å². The number of anilines is 1. The van der Waals surface area contributed by atoms with Crippen molar-refractivity contribution in [1.82, 2.24) is 9.88 Å². The molecule has 166 valence electrons. The van der Waals surface area contributed by atoms with Crippen LogP contribution in [0.15, 0.2) is 47.3 Å². The van der Waals surface area contributed by atoms with Crippen molar-refractivity contribution in [3.05, 3.63) is 63.9 Å². The molecule has 0 unspecified atom stereocenters. The van der Waals surface area contributed by atoms with E-state index >= 15 is 0 Å². The quantitative estimate of drug-likeness (QED) is 0.435. The summed E-state index contributed by atoms with van der Waals surface area (Å²) in [5.41, 5.74) is 5.00. The van der Waals surface area contributed by atoms with Gasteiger partial charge in [0.1, 0.15) is 0 Å². The molecule has 5 rings (SSSR count). The molecule has 0 spiro atoms. The van der Waals surface area contributed by atoms with E-state index in [2.05, 4.69) is 15.2 Å². The van der Waals surface area contributed by atoms with Crippen molar-refractivity contribution in [3.63, 3.8) is 0 Å². The van der Waals surface area contributed by atoms with Crippen LogP contribution >= 0.6 is 0 Å². The lowest BCUT2D eigenvalue weighted by Gasteiger charge is -2.26. The zero-order valence-corrected chi connectivity index (χ0v) is 18.3. The molecule has 1 amide bonds. The van der Waals surface area contributed by atoms with Gasteiger partial charge in [-0.3, -0.25) is 14.5 Å². The minimum absolute atomic E-state index is 0.0572. The van der Waals surface area contributed by atoms with Crippen LogP contribution in [-0.2, 0) is 16.0 Å². The van der Waals surface area contributed by atoms with Gasteiger partial charge in [0.15, 0.2) is 0 Å². The highest BCUT2D eigenvalue weighted by atomic mass is 16.5. The Labute approximate surface area is 187 Å². The molecule has 0 atom stereocenters. The van der Waals surface area contributed by atoms with E-state index in [9.17, 15) is 9.59 Å². The number of carbonyl (C=O) groups is 1. The van der Waals surface area contributed by atoms with E-state index in [4.69, 9.17) is 4.74 Å². The number of fused-ring (bicyclic) bond motifs is 5. The van der Waals surface area contributed by atoms with Gasteiger partial charge >= 0.3 is 0 Å². The van der Waals surface area contributed by atoms with Crippen molar-refractivity contribution in [2.45, 2.75) is 32.1 Å². The van der Waals surface area contributed by atoms with Crippen LogP contribution in [0.4, 0.5) is 5.69 Å². The number of carbonyl (C=O) groups excluding carboxylic acids is 1. The molecule has 1 saturated heterocycles.